The summed E-state index contributed by atoms with van der Waals surface area (Å²) in [5, 5.41) is 3.26. The van der Waals surface area contributed by atoms with Crippen LogP contribution in [0.15, 0.2) is 54.6 Å². The number of nitrogens with zero attached hydrogens (tertiary/aromatic N) is 1. The van der Waals surface area contributed by atoms with E-state index in [1.807, 2.05) is 37.4 Å². The number of benzene rings is 2. The molecule has 0 amide bonds. The maximum atomic E-state index is 13.5. The lowest BCUT2D eigenvalue weighted by atomic mass is 9.73. The molecular weight excluding hydrogens is 332 g/mol. The molecule has 1 aliphatic heterocycles. The lowest BCUT2D eigenvalue weighted by molar-refractivity contribution is 0.0782. The molecule has 1 atom stereocenters. The second kappa shape index (κ2) is 9.18. The fraction of sp³-hybridized carbons (Fsp3) is 0.458. The largest absolute Gasteiger partial charge is 0.372 e. The molecule has 1 fully saturated rings. The Morgan fingerprint density at radius 3 is 2.26 bits per heavy atom. The lowest BCUT2D eigenvalue weighted by Crippen LogP contribution is -2.41. The van der Waals surface area contributed by atoms with Crippen LogP contribution in [0.1, 0.15) is 48.5 Å². The molecule has 0 radical (unpaired) electrons. The minimum absolute atomic E-state index is 0.244. The van der Waals surface area contributed by atoms with Crippen LogP contribution in [-0.2, 0) is 6.42 Å². The quantitative estimate of drug-likeness (QED) is 0.688. The van der Waals surface area contributed by atoms with Crippen molar-refractivity contribution in [3.05, 3.63) is 65.7 Å². The van der Waals surface area contributed by atoms with Gasteiger partial charge in [-0.1, -0.05) is 37.3 Å². The van der Waals surface area contributed by atoms with Gasteiger partial charge in [-0.3, -0.25) is 4.79 Å². The van der Waals surface area contributed by atoms with Crippen LogP contribution in [0.5, 0.6) is 0 Å². The molecule has 1 aliphatic rings. The van der Waals surface area contributed by atoms with Crippen LogP contribution in [0.3, 0.4) is 0 Å². The first-order chi connectivity index (χ1) is 13.2. The predicted octanol–water partition coefficient (Wildman–Crippen LogP) is 4.72. The molecule has 1 unspecified atom stereocenters. The predicted molar refractivity (Wildman–Crippen MR) is 114 cm³/mol. The van der Waals surface area contributed by atoms with Gasteiger partial charge in [0.2, 0.25) is 0 Å². The third kappa shape index (κ3) is 4.59. The Morgan fingerprint density at radius 1 is 1.00 bits per heavy atom. The van der Waals surface area contributed by atoms with Crippen LogP contribution in [0.4, 0.5) is 5.69 Å². The smallest absolute Gasteiger partial charge is 0.170 e. The van der Waals surface area contributed by atoms with Gasteiger partial charge in [0.15, 0.2) is 5.78 Å². The highest BCUT2D eigenvalue weighted by Gasteiger charge is 2.36. The van der Waals surface area contributed by atoms with Gasteiger partial charge in [0, 0.05) is 36.3 Å². The zero-order valence-corrected chi connectivity index (χ0v) is 16.7. The van der Waals surface area contributed by atoms with Crippen molar-refractivity contribution in [1.82, 2.24) is 5.32 Å². The highest BCUT2D eigenvalue weighted by Crippen LogP contribution is 2.32. The van der Waals surface area contributed by atoms with E-state index in [0.29, 0.717) is 6.54 Å². The van der Waals surface area contributed by atoms with Crippen LogP contribution in [0.2, 0.25) is 0 Å². The topological polar surface area (TPSA) is 32.3 Å². The average molecular weight is 365 g/mol. The fourth-order valence-corrected chi connectivity index (χ4v) is 4.24. The molecule has 3 rings (SSSR count). The van der Waals surface area contributed by atoms with Crippen molar-refractivity contribution in [2.45, 2.75) is 39.0 Å². The summed E-state index contributed by atoms with van der Waals surface area (Å²) in [5.41, 5.74) is 2.87. The minimum atomic E-state index is -0.414. The molecule has 3 heteroatoms. The molecule has 0 aliphatic carbocycles. The van der Waals surface area contributed by atoms with Gasteiger partial charge in [0.25, 0.3) is 0 Å². The van der Waals surface area contributed by atoms with Crippen molar-refractivity contribution in [2.75, 3.05) is 31.6 Å². The summed E-state index contributed by atoms with van der Waals surface area (Å²) in [5.74, 6) is 0.244. The molecule has 0 saturated carbocycles. The highest BCUT2D eigenvalue weighted by molar-refractivity contribution is 6.01. The van der Waals surface area contributed by atoms with Crippen molar-refractivity contribution in [2.24, 2.45) is 5.41 Å². The van der Waals surface area contributed by atoms with Crippen molar-refractivity contribution < 1.29 is 4.79 Å². The summed E-state index contributed by atoms with van der Waals surface area (Å²) in [4.78, 5) is 16.0. The van der Waals surface area contributed by atoms with Gasteiger partial charge < -0.3 is 10.2 Å². The van der Waals surface area contributed by atoms with E-state index in [9.17, 15) is 4.79 Å². The Bertz CT molecular complexity index is 720. The molecule has 3 nitrogen and oxygen atoms in total. The summed E-state index contributed by atoms with van der Waals surface area (Å²) < 4.78 is 0. The monoisotopic (exact) mass is 364 g/mol. The second-order valence-corrected chi connectivity index (χ2v) is 7.75. The zero-order valence-electron chi connectivity index (χ0n) is 16.7. The van der Waals surface area contributed by atoms with Gasteiger partial charge in [0.05, 0.1) is 0 Å². The van der Waals surface area contributed by atoms with E-state index in [1.54, 1.807) is 0 Å². The summed E-state index contributed by atoms with van der Waals surface area (Å²) in [7, 11) is 1.93. The third-order valence-electron chi connectivity index (χ3n) is 5.91. The summed E-state index contributed by atoms with van der Waals surface area (Å²) in [6.45, 7) is 5.06. The number of carbonyl (C=O) groups excluding carboxylic acids is 1. The maximum Gasteiger partial charge on any atom is 0.170 e. The molecule has 144 valence electrons. The summed E-state index contributed by atoms with van der Waals surface area (Å²) in [6.07, 6.45) is 5.43. The van der Waals surface area contributed by atoms with E-state index in [0.717, 1.165) is 31.5 Å². The number of nitrogens with one attached hydrogen (secondary N) is 1. The normalized spacial score (nSPS) is 16.7. The van der Waals surface area contributed by atoms with Crippen molar-refractivity contribution in [3.63, 3.8) is 0 Å². The molecule has 2 aromatic rings. The van der Waals surface area contributed by atoms with Crippen molar-refractivity contribution >= 4 is 11.5 Å². The second-order valence-electron chi connectivity index (χ2n) is 7.75. The first-order valence-electron chi connectivity index (χ1n) is 10.3. The summed E-state index contributed by atoms with van der Waals surface area (Å²) in [6, 6.07) is 18.7. The number of anilines is 1. The third-order valence-corrected chi connectivity index (χ3v) is 5.91. The first-order valence-corrected chi connectivity index (χ1v) is 10.3. The molecule has 1 N–H and O–H groups in total. The number of hydrogen-bond donors (Lipinski definition) is 1. The van der Waals surface area contributed by atoms with Gasteiger partial charge in [-0.2, -0.15) is 0 Å². The standard InChI is InChI=1S/C24H32N2O/c1-3-24(19-25-2,18-20-10-6-4-7-11-20)23(27)21-12-14-22(15-13-21)26-16-8-5-9-17-26/h4,6-7,10-15,25H,3,5,8-9,16-19H2,1-2H3. The van der Waals surface area contributed by atoms with Gasteiger partial charge in [-0.15, -0.1) is 0 Å². The molecule has 1 heterocycles. The number of piperidine rings is 1. The van der Waals surface area contributed by atoms with Crippen LogP contribution >= 0.6 is 0 Å². The SMILES string of the molecule is CCC(CNC)(Cc1ccccc1)C(=O)c1ccc(N2CCCCC2)cc1. The minimum Gasteiger partial charge on any atom is -0.372 e. The number of Topliss-reactive ketones (excluding diaryl/α,β-unsaturated/α-hetero) is 1. The van der Waals surface area contributed by atoms with E-state index < -0.39 is 5.41 Å². The molecule has 0 bridgehead atoms. The maximum absolute atomic E-state index is 13.5. The van der Waals surface area contributed by atoms with E-state index in [1.165, 1.54) is 30.5 Å². The van der Waals surface area contributed by atoms with Crippen molar-refractivity contribution in [3.8, 4) is 0 Å². The lowest BCUT2D eigenvalue weighted by Gasteiger charge is -2.32. The number of hydrogen-bond acceptors (Lipinski definition) is 3. The number of ketones is 1. The van der Waals surface area contributed by atoms with Crippen LogP contribution in [0.25, 0.3) is 0 Å². The van der Waals surface area contributed by atoms with Gasteiger partial charge in [-0.25, -0.2) is 0 Å². The average Bonchev–Trinajstić information content (AvgIpc) is 2.74. The van der Waals surface area contributed by atoms with Gasteiger partial charge in [0.1, 0.15) is 0 Å². The molecule has 2 aromatic carbocycles. The molecule has 1 saturated heterocycles. The van der Waals surface area contributed by atoms with E-state index in [-0.39, 0.29) is 5.78 Å². The van der Waals surface area contributed by atoms with Crippen LogP contribution < -0.4 is 10.2 Å². The first kappa shape index (κ1) is 19.6. The van der Waals surface area contributed by atoms with E-state index in [2.05, 4.69) is 41.4 Å². The Morgan fingerprint density at radius 2 is 1.67 bits per heavy atom. The van der Waals surface area contributed by atoms with Gasteiger partial charge >= 0.3 is 0 Å². The molecule has 27 heavy (non-hydrogen) atoms. The van der Waals surface area contributed by atoms with Crippen LogP contribution in [-0.4, -0.2) is 32.5 Å². The Labute approximate surface area is 163 Å². The molecule has 0 aromatic heterocycles. The fourth-order valence-electron chi connectivity index (χ4n) is 4.24. The van der Waals surface area contributed by atoms with Gasteiger partial charge in [-0.05, 0) is 69.0 Å². The van der Waals surface area contributed by atoms with Crippen LogP contribution in [0, 0.1) is 5.41 Å². The zero-order chi connectivity index (χ0) is 19.1. The Kier molecular flexibility index (Phi) is 6.68. The Hall–Kier alpha value is -2.13. The number of rotatable bonds is 8. The van der Waals surface area contributed by atoms with Crippen molar-refractivity contribution in [1.29, 1.82) is 0 Å². The van der Waals surface area contributed by atoms with E-state index >= 15 is 0 Å². The number of carbonyl (C=O) groups is 1. The molecular formula is C24H32N2O. The Balaban J connectivity index is 1.82. The highest BCUT2D eigenvalue weighted by atomic mass is 16.1. The van der Waals surface area contributed by atoms with E-state index in [4.69, 9.17) is 0 Å². The molecule has 0 spiro atoms. The summed E-state index contributed by atoms with van der Waals surface area (Å²) >= 11 is 0.